The second kappa shape index (κ2) is 7.56. The maximum absolute atomic E-state index is 12.7. The van der Waals surface area contributed by atoms with Gasteiger partial charge < -0.3 is 4.90 Å². The normalized spacial score (nSPS) is 24.2. The van der Waals surface area contributed by atoms with E-state index in [9.17, 15) is 18.0 Å². The molecule has 2 aliphatic carbocycles. The predicted molar refractivity (Wildman–Crippen MR) is 91.3 cm³/mol. The van der Waals surface area contributed by atoms with Crippen LogP contribution in [0.3, 0.4) is 0 Å². The third-order valence-electron chi connectivity index (χ3n) is 5.01. The average Bonchev–Trinajstić information content (AvgIpc) is 3.39. The number of amides is 1. The molecule has 0 N–H and O–H groups in total. The van der Waals surface area contributed by atoms with Crippen LogP contribution in [0.25, 0.3) is 0 Å². The lowest BCUT2D eigenvalue weighted by Gasteiger charge is -2.36. The molecule has 3 rings (SSSR count). The van der Waals surface area contributed by atoms with Gasteiger partial charge in [-0.05, 0) is 56.6 Å². The smallest absolute Gasteiger partial charge is 0.336 e. The second-order valence-electron chi connectivity index (χ2n) is 7.12. The molecule has 2 fully saturated rings. The van der Waals surface area contributed by atoms with Crippen LogP contribution in [-0.2, 0) is 11.0 Å². The molecule has 0 bridgehead atoms. The summed E-state index contributed by atoms with van der Waals surface area (Å²) >= 11 is 1.22. The zero-order valence-corrected chi connectivity index (χ0v) is 15.1. The van der Waals surface area contributed by atoms with Crippen molar-refractivity contribution in [2.45, 2.75) is 68.7 Å². The molecule has 7 heteroatoms. The number of thioether (sulfide) groups is 1. The summed E-state index contributed by atoms with van der Waals surface area (Å²) in [6.07, 6.45) is 3.03. The van der Waals surface area contributed by atoms with Crippen molar-refractivity contribution in [3.8, 4) is 0 Å². The van der Waals surface area contributed by atoms with E-state index in [0.717, 1.165) is 56.7 Å². The maximum Gasteiger partial charge on any atom is 0.417 e. The average molecular weight is 372 g/mol. The largest absolute Gasteiger partial charge is 0.417 e. The van der Waals surface area contributed by atoms with Gasteiger partial charge in [-0.3, -0.25) is 4.79 Å². The van der Waals surface area contributed by atoms with Crippen LogP contribution in [0.1, 0.15) is 51.0 Å². The van der Waals surface area contributed by atoms with E-state index in [1.165, 1.54) is 17.8 Å². The van der Waals surface area contributed by atoms with Gasteiger partial charge in [0, 0.05) is 18.3 Å². The highest BCUT2D eigenvalue weighted by Crippen LogP contribution is 2.36. The molecule has 1 heterocycles. The molecule has 0 spiro atoms. The first kappa shape index (κ1) is 18.5. The van der Waals surface area contributed by atoms with E-state index < -0.39 is 11.7 Å². The van der Waals surface area contributed by atoms with Crippen LogP contribution in [-0.4, -0.2) is 33.6 Å². The molecule has 0 aromatic carbocycles. The molecular weight excluding hydrogens is 349 g/mol. The summed E-state index contributed by atoms with van der Waals surface area (Å²) in [5.74, 6) is 1.06. The van der Waals surface area contributed by atoms with E-state index in [-0.39, 0.29) is 11.7 Å². The van der Waals surface area contributed by atoms with E-state index >= 15 is 0 Å². The van der Waals surface area contributed by atoms with Crippen molar-refractivity contribution in [2.75, 3.05) is 5.75 Å². The summed E-state index contributed by atoms with van der Waals surface area (Å²) in [5.41, 5.74) is -0.765. The Kier molecular flexibility index (Phi) is 5.61. The number of pyridine rings is 1. The van der Waals surface area contributed by atoms with Crippen LogP contribution in [0.4, 0.5) is 13.2 Å². The van der Waals surface area contributed by atoms with E-state index in [1.54, 1.807) is 0 Å². The summed E-state index contributed by atoms with van der Waals surface area (Å²) in [4.78, 5) is 18.6. The summed E-state index contributed by atoms with van der Waals surface area (Å²) in [5, 5.41) is 0.453. The number of carbonyl (C=O) groups excluding carboxylic acids is 1. The topological polar surface area (TPSA) is 33.2 Å². The summed E-state index contributed by atoms with van der Waals surface area (Å²) in [7, 11) is 0. The lowest BCUT2D eigenvalue weighted by atomic mass is 9.86. The fourth-order valence-electron chi connectivity index (χ4n) is 3.42. The second-order valence-corrected chi connectivity index (χ2v) is 8.11. The molecule has 1 aromatic rings. The zero-order chi connectivity index (χ0) is 18.0. The van der Waals surface area contributed by atoms with Gasteiger partial charge in [0.05, 0.1) is 16.3 Å². The third kappa shape index (κ3) is 4.90. The molecule has 3 nitrogen and oxygen atoms in total. The number of rotatable bonds is 5. The van der Waals surface area contributed by atoms with E-state index in [1.807, 2.05) is 0 Å². The quantitative estimate of drug-likeness (QED) is 0.699. The molecular formula is C18H23F3N2OS. The van der Waals surface area contributed by atoms with Crippen molar-refractivity contribution >= 4 is 17.7 Å². The minimum atomic E-state index is -4.38. The van der Waals surface area contributed by atoms with Crippen molar-refractivity contribution in [1.29, 1.82) is 0 Å². The van der Waals surface area contributed by atoms with Gasteiger partial charge >= 0.3 is 6.18 Å². The Morgan fingerprint density at radius 3 is 2.24 bits per heavy atom. The number of halogens is 3. The Morgan fingerprint density at radius 2 is 1.76 bits per heavy atom. The molecule has 0 radical (unpaired) electrons. The van der Waals surface area contributed by atoms with E-state index in [4.69, 9.17) is 0 Å². The highest BCUT2D eigenvalue weighted by atomic mass is 32.2. The zero-order valence-electron chi connectivity index (χ0n) is 14.3. The molecule has 0 aliphatic heterocycles. The van der Waals surface area contributed by atoms with Crippen molar-refractivity contribution in [3.63, 3.8) is 0 Å². The first-order valence-electron chi connectivity index (χ1n) is 8.82. The number of aromatic nitrogens is 1. The van der Waals surface area contributed by atoms with Gasteiger partial charge in [-0.15, -0.1) is 0 Å². The fraction of sp³-hybridized carbons (Fsp3) is 0.667. The SMILES string of the molecule is CC1CCC(N(C(=O)CSc2ccc(C(F)(F)F)cn2)C2CC2)CC1. The summed E-state index contributed by atoms with van der Waals surface area (Å²) in [6, 6.07) is 3.05. The molecule has 1 amide bonds. The van der Waals surface area contributed by atoms with Crippen molar-refractivity contribution in [3.05, 3.63) is 23.9 Å². The Labute approximate surface area is 150 Å². The van der Waals surface area contributed by atoms with Gasteiger partial charge in [0.25, 0.3) is 0 Å². The molecule has 2 saturated carbocycles. The van der Waals surface area contributed by atoms with Crippen LogP contribution in [0.15, 0.2) is 23.4 Å². The first-order chi connectivity index (χ1) is 11.8. The van der Waals surface area contributed by atoms with Crippen LogP contribution in [0.2, 0.25) is 0 Å². The highest BCUT2D eigenvalue weighted by Gasteiger charge is 2.38. The number of hydrogen-bond acceptors (Lipinski definition) is 3. The third-order valence-corrected chi connectivity index (χ3v) is 5.94. The maximum atomic E-state index is 12.7. The molecule has 0 atom stereocenters. The van der Waals surface area contributed by atoms with Gasteiger partial charge in [0.15, 0.2) is 0 Å². The Bertz CT molecular complexity index is 593. The van der Waals surface area contributed by atoms with E-state index in [0.29, 0.717) is 17.1 Å². The Hall–Kier alpha value is -1.24. The standard InChI is InChI=1S/C18H23F3N2OS/c1-12-2-5-14(6-3-12)23(15-7-8-15)17(24)11-25-16-9-4-13(10-22-16)18(19,20)21/h4,9-10,12,14-15H,2-3,5-8,11H2,1H3. The minimum absolute atomic E-state index is 0.0914. The lowest BCUT2D eigenvalue weighted by Crippen LogP contribution is -2.44. The van der Waals surface area contributed by atoms with Gasteiger partial charge in [0.2, 0.25) is 5.91 Å². The first-order valence-corrected chi connectivity index (χ1v) is 9.80. The number of nitrogens with zero attached hydrogens (tertiary/aromatic N) is 2. The number of carbonyl (C=O) groups is 1. The van der Waals surface area contributed by atoms with Crippen LogP contribution in [0, 0.1) is 5.92 Å². The predicted octanol–water partition coefficient (Wildman–Crippen LogP) is 4.76. The molecule has 0 unspecified atom stereocenters. The lowest BCUT2D eigenvalue weighted by molar-refractivity contribution is -0.138. The van der Waals surface area contributed by atoms with Crippen LogP contribution >= 0.6 is 11.8 Å². The Balaban J connectivity index is 1.57. The summed E-state index contributed by atoms with van der Waals surface area (Å²) < 4.78 is 37.7. The van der Waals surface area contributed by atoms with Crippen molar-refractivity contribution in [1.82, 2.24) is 9.88 Å². The Morgan fingerprint density at radius 1 is 1.16 bits per heavy atom. The van der Waals surface area contributed by atoms with Gasteiger partial charge in [-0.25, -0.2) is 4.98 Å². The monoisotopic (exact) mass is 372 g/mol. The summed E-state index contributed by atoms with van der Waals surface area (Å²) in [6.45, 7) is 2.26. The number of alkyl halides is 3. The van der Waals surface area contributed by atoms with Crippen molar-refractivity contribution in [2.24, 2.45) is 5.92 Å². The van der Waals surface area contributed by atoms with Crippen LogP contribution in [0.5, 0.6) is 0 Å². The fourth-order valence-corrected chi connectivity index (χ4v) is 4.13. The van der Waals surface area contributed by atoms with Crippen molar-refractivity contribution < 1.29 is 18.0 Å². The molecule has 0 saturated heterocycles. The van der Waals surface area contributed by atoms with Gasteiger partial charge in [-0.2, -0.15) is 13.2 Å². The van der Waals surface area contributed by atoms with Crippen LogP contribution < -0.4 is 0 Å². The molecule has 25 heavy (non-hydrogen) atoms. The number of hydrogen-bond donors (Lipinski definition) is 0. The molecule has 138 valence electrons. The van der Waals surface area contributed by atoms with Gasteiger partial charge in [0.1, 0.15) is 0 Å². The van der Waals surface area contributed by atoms with Gasteiger partial charge in [-0.1, -0.05) is 18.7 Å². The molecule has 1 aromatic heterocycles. The minimum Gasteiger partial charge on any atom is -0.336 e. The van der Waals surface area contributed by atoms with E-state index in [2.05, 4.69) is 16.8 Å². The highest BCUT2D eigenvalue weighted by molar-refractivity contribution is 7.99. The molecule has 2 aliphatic rings.